The van der Waals surface area contributed by atoms with Crippen LogP contribution in [-0.4, -0.2) is 39.2 Å². The van der Waals surface area contributed by atoms with E-state index in [1.54, 1.807) is 7.05 Å². The van der Waals surface area contributed by atoms with Crippen molar-refractivity contribution in [3.63, 3.8) is 0 Å². The number of methoxy groups -OCH3 is 1. The van der Waals surface area contributed by atoms with Gasteiger partial charge in [0.05, 0.1) is 13.5 Å². The van der Waals surface area contributed by atoms with Crippen LogP contribution in [0.5, 0.6) is 0 Å². The summed E-state index contributed by atoms with van der Waals surface area (Å²) in [4.78, 5) is 15.1. The summed E-state index contributed by atoms with van der Waals surface area (Å²) >= 11 is 5.83. The lowest BCUT2D eigenvalue weighted by molar-refractivity contribution is -0.140. The Hall–Kier alpha value is -1.75. The quantitative estimate of drug-likeness (QED) is 0.476. The zero-order valence-electron chi connectivity index (χ0n) is 11.8. The van der Waals surface area contributed by atoms with Crippen LogP contribution in [0, 0.1) is 0 Å². The molecule has 0 amide bonds. The first-order valence-electron chi connectivity index (χ1n) is 6.41. The first kappa shape index (κ1) is 16.3. The predicted octanol–water partition coefficient (Wildman–Crippen LogP) is 1.61. The Morgan fingerprint density at radius 3 is 2.50 bits per heavy atom. The summed E-state index contributed by atoms with van der Waals surface area (Å²) in [6.45, 7) is 1.24. The average Bonchev–Trinajstić information content (AvgIpc) is 2.47. The minimum atomic E-state index is -0.242. The van der Waals surface area contributed by atoms with E-state index in [1.165, 1.54) is 12.7 Å². The first-order valence-corrected chi connectivity index (χ1v) is 6.79. The standard InChI is InChI=1S/C14H20ClN3O2/c1-16-14(18-10-8-13(19)20-2)17-9-7-11-3-5-12(15)6-4-11/h3-6H,7-10H2,1-2H3,(H2,16,17,18). The van der Waals surface area contributed by atoms with E-state index in [9.17, 15) is 4.79 Å². The number of nitrogens with one attached hydrogen (secondary N) is 2. The molecular weight excluding hydrogens is 278 g/mol. The molecule has 0 aliphatic carbocycles. The Morgan fingerprint density at radius 2 is 1.90 bits per heavy atom. The lowest BCUT2D eigenvalue weighted by Gasteiger charge is -2.11. The van der Waals surface area contributed by atoms with Gasteiger partial charge < -0.3 is 15.4 Å². The van der Waals surface area contributed by atoms with Crippen molar-refractivity contribution in [3.05, 3.63) is 34.9 Å². The summed E-state index contributed by atoms with van der Waals surface area (Å²) in [5, 5.41) is 6.96. The number of hydrogen-bond acceptors (Lipinski definition) is 3. The lowest BCUT2D eigenvalue weighted by Crippen LogP contribution is -2.39. The lowest BCUT2D eigenvalue weighted by atomic mass is 10.1. The zero-order chi connectivity index (χ0) is 14.8. The van der Waals surface area contributed by atoms with Crippen LogP contribution in [0.4, 0.5) is 0 Å². The highest BCUT2D eigenvalue weighted by Gasteiger charge is 2.01. The minimum Gasteiger partial charge on any atom is -0.469 e. The Morgan fingerprint density at radius 1 is 1.25 bits per heavy atom. The minimum absolute atomic E-state index is 0.242. The van der Waals surface area contributed by atoms with Crippen LogP contribution in [-0.2, 0) is 16.0 Å². The van der Waals surface area contributed by atoms with Crippen LogP contribution >= 0.6 is 11.6 Å². The molecule has 0 unspecified atom stereocenters. The number of halogens is 1. The Kier molecular flexibility index (Phi) is 7.50. The molecule has 0 saturated carbocycles. The molecule has 0 heterocycles. The molecule has 1 aromatic rings. The third kappa shape index (κ3) is 6.43. The molecule has 2 N–H and O–H groups in total. The molecule has 0 bridgehead atoms. The van der Waals surface area contributed by atoms with Gasteiger partial charge in [-0.1, -0.05) is 23.7 Å². The number of aliphatic imine (C=N–C) groups is 1. The van der Waals surface area contributed by atoms with Gasteiger partial charge >= 0.3 is 5.97 Å². The van der Waals surface area contributed by atoms with Crippen molar-refractivity contribution < 1.29 is 9.53 Å². The van der Waals surface area contributed by atoms with Gasteiger partial charge in [-0.3, -0.25) is 9.79 Å². The molecule has 0 atom stereocenters. The Balaban J connectivity index is 2.24. The van der Waals surface area contributed by atoms with E-state index in [0.717, 1.165) is 18.0 Å². The predicted molar refractivity (Wildman–Crippen MR) is 81.2 cm³/mol. The number of benzene rings is 1. The molecular formula is C14H20ClN3O2. The van der Waals surface area contributed by atoms with Gasteiger partial charge in [0.25, 0.3) is 0 Å². The van der Waals surface area contributed by atoms with E-state index >= 15 is 0 Å². The van der Waals surface area contributed by atoms with Gasteiger partial charge in [-0.05, 0) is 24.1 Å². The van der Waals surface area contributed by atoms with Crippen molar-refractivity contribution in [1.29, 1.82) is 0 Å². The van der Waals surface area contributed by atoms with E-state index in [4.69, 9.17) is 11.6 Å². The van der Waals surface area contributed by atoms with Gasteiger partial charge in [0.1, 0.15) is 0 Å². The molecule has 0 aliphatic heterocycles. The van der Waals surface area contributed by atoms with Gasteiger partial charge in [-0.25, -0.2) is 0 Å². The van der Waals surface area contributed by atoms with Crippen LogP contribution in [0.15, 0.2) is 29.3 Å². The van der Waals surface area contributed by atoms with Gasteiger partial charge in [-0.2, -0.15) is 0 Å². The second-order valence-corrected chi connectivity index (χ2v) is 4.56. The van der Waals surface area contributed by atoms with Gasteiger partial charge in [0, 0.05) is 25.2 Å². The molecule has 110 valence electrons. The van der Waals surface area contributed by atoms with Crippen molar-refractivity contribution in [2.75, 3.05) is 27.2 Å². The molecule has 5 nitrogen and oxygen atoms in total. The summed E-state index contributed by atoms with van der Waals surface area (Å²) in [6, 6.07) is 7.75. The van der Waals surface area contributed by atoms with E-state index in [2.05, 4.69) is 20.4 Å². The van der Waals surface area contributed by atoms with Crippen molar-refractivity contribution in [1.82, 2.24) is 10.6 Å². The SMILES string of the molecule is CN=C(NCCC(=O)OC)NCCc1ccc(Cl)cc1. The maximum absolute atomic E-state index is 11.0. The zero-order valence-corrected chi connectivity index (χ0v) is 12.5. The molecule has 1 rings (SSSR count). The van der Waals surface area contributed by atoms with Crippen molar-refractivity contribution >= 4 is 23.5 Å². The maximum Gasteiger partial charge on any atom is 0.307 e. The number of carbonyl (C=O) groups is 1. The third-order valence-electron chi connectivity index (χ3n) is 2.69. The van der Waals surface area contributed by atoms with Crippen LogP contribution in [0.25, 0.3) is 0 Å². The molecule has 0 radical (unpaired) electrons. The van der Waals surface area contributed by atoms with Crippen LogP contribution in [0.3, 0.4) is 0 Å². The Labute approximate surface area is 124 Å². The summed E-state index contributed by atoms with van der Waals surface area (Å²) in [7, 11) is 3.07. The highest BCUT2D eigenvalue weighted by Crippen LogP contribution is 2.09. The van der Waals surface area contributed by atoms with Crippen molar-refractivity contribution in [2.45, 2.75) is 12.8 Å². The number of esters is 1. The molecule has 20 heavy (non-hydrogen) atoms. The number of carbonyl (C=O) groups excluding carboxylic acids is 1. The smallest absolute Gasteiger partial charge is 0.307 e. The van der Waals surface area contributed by atoms with Gasteiger partial charge in [0.2, 0.25) is 0 Å². The first-order chi connectivity index (χ1) is 9.65. The van der Waals surface area contributed by atoms with E-state index in [-0.39, 0.29) is 5.97 Å². The van der Waals surface area contributed by atoms with Crippen LogP contribution < -0.4 is 10.6 Å². The van der Waals surface area contributed by atoms with Gasteiger partial charge in [0.15, 0.2) is 5.96 Å². The molecule has 0 aromatic heterocycles. The van der Waals surface area contributed by atoms with Crippen molar-refractivity contribution in [3.8, 4) is 0 Å². The fourth-order valence-corrected chi connectivity index (χ4v) is 1.71. The number of hydrogen-bond donors (Lipinski definition) is 2. The summed E-state index contributed by atoms with van der Waals surface area (Å²) in [5.41, 5.74) is 1.20. The fourth-order valence-electron chi connectivity index (χ4n) is 1.58. The average molecular weight is 298 g/mol. The summed E-state index contributed by atoms with van der Waals surface area (Å²) < 4.78 is 4.56. The number of ether oxygens (including phenoxy) is 1. The number of nitrogens with zero attached hydrogens (tertiary/aromatic N) is 1. The summed E-state index contributed by atoms with van der Waals surface area (Å²) in [5.74, 6) is 0.428. The fraction of sp³-hybridized carbons (Fsp3) is 0.429. The highest BCUT2D eigenvalue weighted by molar-refractivity contribution is 6.30. The second kappa shape index (κ2) is 9.20. The number of guanidine groups is 1. The van der Waals surface area contributed by atoms with E-state index in [0.29, 0.717) is 18.9 Å². The van der Waals surface area contributed by atoms with Crippen molar-refractivity contribution in [2.24, 2.45) is 4.99 Å². The topological polar surface area (TPSA) is 62.7 Å². The normalized spacial score (nSPS) is 11.1. The monoisotopic (exact) mass is 297 g/mol. The molecule has 6 heteroatoms. The molecule has 1 aromatic carbocycles. The molecule has 0 fully saturated rings. The second-order valence-electron chi connectivity index (χ2n) is 4.13. The largest absolute Gasteiger partial charge is 0.469 e. The third-order valence-corrected chi connectivity index (χ3v) is 2.94. The molecule has 0 spiro atoms. The molecule has 0 aliphatic rings. The Bertz CT molecular complexity index is 446. The van der Waals surface area contributed by atoms with Crippen LogP contribution in [0.2, 0.25) is 5.02 Å². The number of rotatable bonds is 6. The van der Waals surface area contributed by atoms with E-state index < -0.39 is 0 Å². The summed E-state index contributed by atoms with van der Waals surface area (Å²) in [6.07, 6.45) is 1.18. The van der Waals surface area contributed by atoms with Gasteiger partial charge in [-0.15, -0.1) is 0 Å². The highest BCUT2D eigenvalue weighted by atomic mass is 35.5. The van der Waals surface area contributed by atoms with E-state index in [1.807, 2.05) is 24.3 Å². The molecule has 0 saturated heterocycles. The van der Waals surface area contributed by atoms with Crippen LogP contribution in [0.1, 0.15) is 12.0 Å². The maximum atomic E-state index is 11.0.